The van der Waals surface area contributed by atoms with E-state index in [0.717, 1.165) is 11.3 Å². The minimum atomic E-state index is -0.313. The molecule has 3 aromatic rings. The Kier molecular flexibility index (Phi) is 3.12. The van der Waals surface area contributed by atoms with Gasteiger partial charge in [-0.3, -0.25) is 4.57 Å². The number of methoxy groups -OCH3 is 1. The van der Waals surface area contributed by atoms with E-state index in [1.807, 2.05) is 24.3 Å². The predicted molar refractivity (Wildman–Crippen MR) is 76.2 cm³/mol. The van der Waals surface area contributed by atoms with Gasteiger partial charge in [0.15, 0.2) is 0 Å². The summed E-state index contributed by atoms with van der Waals surface area (Å²) < 4.78 is 20.3. The minimum Gasteiger partial charge on any atom is -0.380 e. The minimum absolute atomic E-state index is 0.313. The summed E-state index contributed by atoms with van der Waals surface area (Å²) in [5, 5.41) is 0. The zero-order valence-electron chi connectivity index (χ0n) is 11.0. The van der Waals surface area contributed by atoms with E-state index < -0.39 is 0 Å². The van der Waals surface area contributed by atoms with Gasteiger partial charge in [-0.1, -0.05) is 12.1 Å². The van der Waals surface area contributed by atoms with Gasteiger partial charge in [-0.05, 0) is 29.8 Å². The lowest BCUT2D eigenvalue weighted by molar-refractivity contribution is 0.185. The van der Waals surface area contributed by atoms with Crippen molar-refractivity contribution < 1.29 is 9.13 Å². The van der Waals surface area contributed by atoms with Gasteiger partial charge in [0.1, 0.15) is 5.82 Å². The number of benzene rings is 2. The number of nitrogens with zero attached hydrogens (tertiary/aromatic N) is 2. The first kappa shape index (κ1) is 12.6. The van der Waals surface area contributed by atoms with Gasteiger partial charge in [-0.2, -0.15) is 0 Å². The van der Waals surface area contributed by atoms with Crippen LogP contribution in [0, 0.1) is 5.82 Å². The molecule has 0 aliphatic heterocycles. The molecule has 20 heavy (non-hydrogen) atoms. The van der Waals surface area contributed by atoms with Crippen LogP contribution in [0.1, 0.15) is 5.56 Å². The first-order valence-electron chi connectivity index (χ1n) is 6.21. The zero-order valence-corrected chi connectivity index (χ0v) is 11.0. The normalized spacial score (nSPS) is 11.1. The Morgan fingerprint density at radius 3 is 2.90 bits per heavy atom. The molecule has 0 aliphatic rings. The number of anilines is 1. The summed E-state index contributed by atoms with van der Waals surface area (Å²) in [7, 11) is 1.64. The fourth-order valence-corrected chi connectivity index (χ4v) is 2.29. The number of nitrogen functional groups attached to an aromatic ring is 1. The van der Waals surface area contributed by atoms with E-state index in [9.17, 15) is 4.39 Å². The van der Waals surface area contributed by atoms with Gasteiger partial charge in [0.25, 0.3) is 0 Å². The molecule has 0 atom stereocenters. The second-order valence-electron chi connectivity index (χ2n) is 4.54. The standard InChI is InChI=1S/C15H14FN3O/c1-20-9-10-3-2-4-12(7-10)19-14-8-11(16)5-6-13(14)18-15(19)17/h2-8H,9H2,1H3,(H2,17,18). The number of aromatic nitrogens is 2. The summed E-state index contributed by atoms with van der Waals surface area (Å²) in [5.74, 6) is 0.0202. The first-order valence-corrected chi connectivity index (χ1v) is 6.21. The smallest absolute Gasteiger partial charge is 0.205 e. The van der Waals surface area contributed by atoms with Gasteiger partial charge in [-0.25, -0.2) is 9.37 Å². The topological polar surface area (TPSA) is 53.1 Å². The van der Waals surface area contributed by atoms with Gasteiger partial charge in [0, 0.05) is 18.9 Å². The van der Waals surface area contributed by atoms with Gasteiger partial charge < -0.3 is 10.5 Å². The molecule has 3 rings (SSSR count). The van der Waals surface area contributed by atoms with Gasteiger partial charge in [0.2, 0.25) is 5.95 Å². The number of nitrogens with two attached hydrogens (primary N) is 1. The van der Waals surface area contributed by atoms with Crippen molar-refractivity contribution in [3.8, 4) is 5.69 Å². The predicted octanol–water partition coefficient (Wildman–Crippen LogP) is 2.89. The molecule has 0 fully saturated rings. The van der Waals surface area contributed by atoms with Gasteiger partial charge in [-0.15, -0.1) is 0 Å². The molecule has 0 amide bonds. The highest BCUT2D eigenvalue weighted by atomic mass is 19.1. The van der Waals surface area contributed by atoms with Crippen molar-refractivity contribution in [2.75, 3.05) is 12.8 Å². The summed E-state index contributed by atoms with van der Waals surface area (Å²) in [6.07, 6.45) is 0. The van der Waals surface area contributed by atoms with Crippen molar-refractivity contribution in [1.29, 1.82) is 0 Å². The Bertz CT molecular complexity index is 767. The molecule has 0 unspecified atom stereocenters. The lowest BCUT2D eigenvalue weighted by Gasteiger charge is -2.08. The van der Waals surface area contributed by atoms with E-state index in [1.54, 1.807) is 17.7 Å². The SMILES string of the molecule is COCc1cccc(-n2c(N)nc3ccc(F)cc32)c1. The molecule has 0 saturated carbocycles. The van der Waals surface area contributed by atoms with Crippen molar-refractivity contribution in [2.24, 2.45) is 0 Å². The van der Waals surface area contributed by atoms with Crippen LogP contribution in [0.4, 0.5) is 10.3 Å². The Balaban J connectivity index is 2.20. The quantitative estimate of drug-likeness (QED) is 0.797. The van der Waals surface area contributed by atoms with Crippen LogP contribution >= 0.6 is 0 Å². The third-order valence-electron chi connectivity index (χ3n) is 3.12. The van der Waals surface area contributed by atoms with E-state index >= 15 is 0 Å². The molecule has 1 heterocycles. The average Bonchev–Trinajstić information content (AvgIpc) is 2.75. The molecule has 5 heteroatoms. The second kappa shape index (κ2) is 4.94. The molecular weight excluding hydrogens is 257 g/mol. The average molecular weight is 271 g/mol. The molecule has 102 valence electrons. The molecule has 2 aromatic carbocycles. The van der Waals surface area contributed by atoms with E-state index in [2.05, 4.69) is 4.98 Å². The third-order valence-corrected chi connectivity index (χ3v) is 3.12. The summed E-state index contributed by atoms with van der Waals surface area (Å²) in [5.41, 5.74) is 9.13. The van der Waals surface area contributed by atoms with Crippen LogP contribution in [0.2, 0.25) is 0 Å². The lowest BCUT2D eigenvalue weighted by atomic mass is 10.2. The molecular formula is C15H14FN3O. The number of imidazole rings is 1. The fraction of sp³-hybridized carbons (Fsp3) is 0.133. The van der Waals surface area contributed by atoms with Gasteiger partial charge in [0.05, 0.1) is 17.6 Å². The molecule has 1 aromatic heterocycles. The number of fused-ring (bicyclic) bond motifs is 1. The van der Waals surface area contributed by atoms with Crippen molar-refractivity contribution >= 4 is 17.0 Å². The first-order chi connectivity index (χ1) is 9.69. The van der Waals surface area contributed by atoms with E-state index in [1.165, 1.54) is 12.1 Å². The highest BCUT2D eigenvalue weighted by Gasteiger charge is 2.11. The Labute approximate surface area is 115 Å². The number of hydrogen-bond acceptors (Lipinski definition) is 3. The molecule has 0 saturated heterocycles. The number of ether oxygens (including phenoxy) is 1. The zero-order chi connectivity index (χ0) is 14.1. The summed E-state index contributed by atoms with van der Waals surface area (Å²) in [4.78, 5) is 4.25. The summed E-state index contributed by atoms with van der Waals surface area (Å²) in [6.45, 7) is 0.509. The lowest BCUT2D eigenvalue weighted by Crippen LogP contribution is -2.01. The van der Waals surface area contributed by atoms with Crippen LogP contribution in [0.5, 0.6) is 0 Å². The number of hydrogen-bond donors (Lipinski definition) is 1. The maximum Gasteiger partial charge on any atom is 0.205 e. The highest BCUT2D eigenvalue weighted by Crippen LogP contribution is 2.24. The highest BCUT2D eigenvalue weighted by molar-refractivity contribution is 5.80. The maximum absolute atomic E-state index is 13.4. The van der Waals surface area contributed by atoms with Crippen LogP contribution < -0.4 is 5.73 Å². The maximum atomic E-state index is 13.4. The van der Waals surface area contributed by atoms with E-state index in [0.29, 0.717) is 23.6 Å². The van der Waals surface area contributed by atoms with Crippen molar-refractivity contribution in [2.45, 2.75) is 6.61 Å². The van der Waals surface area contributed by atoms with Crippen molar-refractivity contribution in [3.05, 3.63) is 53.8 Å². The monoisotopic (exact) mass is 271 g/mol. The molecule has 0 radical (unpaired) electrons. The molecule has 0 aliphatic carbocycles. The van der Waals surface area contributed by atoms with Crippen LogP contribution in [0.25, 0.3) is 16.7 Å². The van der Waals surface area contributed by atoms with Crippen LogP contribution in [0.15, 0.2) is 42.5 Å². The molecule has 2 N–H and O–H groups in total. The van der Waals surface area contributed by atoms with Crippen molar-refractivity contribution in [3.63, 3.8) is 0 Å². The van der Waals surface area contributed by atoms with Crippen LogP contribution in [-0.2, 0) is 11.3 Å². The fourth-order valence-electron chi connectivity index (χ4n) is 2.29. The molecule has 0 spiro atoms. The van der Waals surface area contributed by atoms with E-state index in [4.69, 9.17) is 10.5 Å². The number of rotatable bonds is 3. The molecule has 0 bridgehead atoms. The third kappa shape index (κ3) is 2.12. The van der Waals surface area contributed by atoms with E-state index in [-0.39, 0.29) is 5.82 Å². The van der Waals surface area contributed by atoms with Gasteiger partial charge >= 0.3 is 0 Å². The molecule has 4 nitrogen and oxygen atoms in total. The van der Waals surface area contributed by atoms with Crippen molar-refractivity contribution in [1.82, 2.24) is 9.55 Å². The van der Waals surface area contributed by atoms with Crippen LogP contribution in [0.3, 0.4) is 0 Å². The second-order valence-corrected chi connectivity index (χ2v) is 4.54. The summed E-state index contributed by atoms with van der Waals surface area (Å²) >= 11 is 0. The Morgan fingerprint density at radius 1 is 1.25 bits per heavy atom. The Hall–Kier alpha value is -2.40. The summed E-state index contributed by atoms with van der Waals surface area (Å²) in [6, 6.07) is 12.2. The largest absolute Gasteiger partial charge is 0.380 e. The Morgan fingerprint density at radius 2 is 2.10 bits per heavy atom. The number of halogens is 1. The van der Waals surface area contributed by atoms with Crippen LogP contribution in [-0.4, -0.2) is 16.7 Å².